The Balaban J connectivity index is 1.89. The maximum atomic E-state index is 13.0. The van der Waals surface area contributed by atoms with Gasteiger partial charge in [-0.25, -0.2) is 17.9 Å². The summed E-state index contributed by atoms with van der Waals surface area (Å²) in [4.78, 5) is 27.8. The number of rotatable bonds is 9. The minimum absolute atomic E-state index is 0.0423. The Labute approximate surface area is 197 Å². The molecule has 10 nitrogen and oxygen atoms in total. The summed E-state index contributed by atoms with van der Waals surface area (Å²) in [6, 6.07) is 1.27. The number of aromatic nitrogens is 2. The molecule has 12 heteroatoms. The fraction of sp³-hybridized carbons (Fsp3) is 0.571. The third kappa shape index (κ3) is 5.62. The van der Waals surface area contributed by atoms with Gasteiger partial charge in [-0.15, -0.1) is 11.3 Å². The van der Waals surface area contributed by atoms with Crippen LogP contribution in [0.2, 0.25) is 0 Å². The highest BCUT2D eigenvalue weighted by Gasteiger charge is 2.36. The van der Waals surface area contributed by atoms with Gasteiger partial charge in [-0.3, -0.25) is 9.89 Å². The summed E-state index contributed by atoms with van der Waals surface area (Å²) in [6.07, 6.45) is 1.13. The minimum Gasteiger partial charge on any atom is -0.465 e. The molecule has 0 aromatic carbocycles. The zero-order valence-electron chi connectivity index (χ0n) is 19.4. The normalized spacial score (nSPS) is 14.9. The van der Waals surface area contributed by atoms with Crippen LogP contribution in [0.25, 0.3) is 0 Å². The number of H-pyrrole nitrogens is 1. The SMILES string of the molecule is COC[C@@H](C)NS(=O)(=O)c1sc2c(c1C(=O)OC)CCN(C(=O)c1cc(CC(C)C)[nH]n1)C2. The summed E-state index contributed by atoms with van der Waals surface area (Å²) < 4.78 is 38.4. The highest BCUT2D eigenvalue weighted by atomic mass is 32.2. The van der Waals surface area contributed by atoms with E-state index in [-0.39, 0.29) is 28.8 Å². The van der Waals surface area contributed by atoms with E-state index < -0.39 is 22.0 Å². The van der Waals surface area contributed by atoms with E-state index in [9.17, 15) is 18.0 Å². The third-order valence-corrected chi connectivity index (χ3v) is 8.52. The fourth-order valence-electron chi connectivity index (χ4n) is 3.83. The first-order valence-electron chi connectivity index (χ1n) is 10.6. The largest absolute Gasteiger partial charge is 0.465 e. The Hall–Kier alpha value is -2.28. The zero-order chi connectivity index (χ0) is 24.3. The molecule has 3 rings (SSSR count). The van der Waals surface area contributed by atoms with Crippen LogP contribution in [0.4, 0.5) is 0 Å². The number of hydrogen-bond donors (Lipinski definition) is 2. The van der Waals surface area contributed by atoms with Crippen LogP contribution >= 0.6 is 11.3 Å². The van der Waals surface area contributed by atoms with E-state index in [4.69, 9.17) is 9.47 Å². The van der Waals surface area contributed by atoms with Crippen molar-refractivity contribution in [3.8, 4) is 0 Å². The van der Waals surface area contributed by atoms with Crippen molar-refractivity contribution in [3.63, 3.8) is 0 Å². The molecule has 0 unspecified atom stereocenters. The topological polar surface area (TPSA) is 131 Å². The van der Waals surface area contributed by atoms with Crippen LogP contribution in [0.1, 0.15) is 57.8 Å². The van der Waals surface area contributed by atoms with Gasteiger partial charge in [0.05, 0.1) is 25.8 Å². The Morgan fingerprint density at radius 2 is 2.03 bits per heavy atom. The summed E-state index contributed by atoms with van der Waals surface area (Å²) in [5, 5.41) is 7.06. The van der Waals surface area contributed by atoms with Crippen LogP contribution in [0.5, 0.6) is 0 Å². The number of nitrogens with one attached hydrogen (secondary N) is 2. The van der Waals surface area contributed by atoms with Crippen molar-refractivity contribution in [2.24, 2.45) is 5.92 Å². The summed E-state index contributed by atoms with van der Waals surface area (Å²) in [6.45, 7) is 6.55. The molecule has 0 fully saturated rings. The Bertz CT molecular complexity index is 1120. The molecule has 1 amide bonds. The lowest BCUT2D eigenvalue weighted by atomic mass is 10.0. The highest BCUT2D eigenvalue weighted by molar-refractivity contribution is 7.91. The summed E-state index contributed by atoms with van der Waals surface area (Å²) in [7, 11) is -1.30. The molecule has 2 N–H and O–H groups in total. The van der Waals surface area contributed by atoms with Crippen LogP contribution in [-0.4, -0.2) is 68.8 Å². The molecule has 0 spiro atoms. The molecular formula is C21H30N4O6S2. The molecule has 1 aliphatic rings. The van der Waals surface area contributed by atoms with Crippen LogP contribution < -0.4 is 4.72 Å². The number of esters is 1. The number of hydrogen-bond acceptors (Lipinski definition) is 8. The number of methoxy groups -OCH3 is 2. The lowest BCUT2D eigenvalue weighted by Crippen LogP contribution is -2.36. The summed E-state index contributed by atoms with van der Waals surface area (Å²) in [5.74, 6) is -0.525. The lowest BCUT2D eigenvalue weighted by Gasteiger charge is -2.26. The van der Waals surface area contributed by atoms with Crippen molar-refractivity contribution >= 4 is 33.2 Å². The number of amides is 1. The van der Waals surface area contributed by atoms with Gasteiger partial charge in [0.25, 0.3) is 15.9 Å². The van der Waals surface area contributed by atoms with Gasteiger partial charge in [0.15, 0.2) is 0 Å². The van der Waals surface area contributed by atoms with Crippen molar-refractivity contribution in [1.82, 2.24) is 19.8 Å². The predicted octanol–water partition coefficient (Wildman–Crippen LogP) is 1.97. The van der Waals surface area contributed by atoms with Gasteiger partial charge >= 0.3 is 5.97 Å². The molecule has 3 heterocycles. The smallest absolute Gasteiger partial charge is 0.340 e. The van der Waals surface area contributed by atoms with Gasteiger partial charge in [0.1, 0.15) is 9.90 Å². The van der Waals surface area contributed by atoms with E-state index in [0.29, 0.717) is 35.0 Å². The summed E-state index contributed by atoms with van der Waals surface area (Å²) in [5.41, 5.74) is 1.86. The molecule has 182 valence electrons. The highest BCUT2D eigenvalue weighted by Crippen LogP contribution is 2.37. The molecule has 2 aromatic rings. The Morgan fingerprint density at radius 1 is 1.30 bits per heavy atom. The molecule has 1 atom stereocenters. The minimum atomic E-state index is -3.99. The monoisotopic (exact) mass is 498 g/mol. The first-order valence-corrected chi connectivity index (χ1v) is 12.9. The van der Waals surface area contributed by atoms with E-state index in [2.05, 4.69) is 28.8 Å². The fourth-order valence-corrected chi connectivity index (χ4v) is 6.97. The quantitative estimate of drug-likeness (QED) is 0.505. The first-order chi connectivity index (χ1) is 15.6. The molecule has 0 bridgehead atoms. The second-order valence-electron chi connectivity index (χ2n) is 8.49. The van der Waals surface area contributed by atoms with Crippen LogP contribution in [0, 0.1) is 5.92 Å². The van der Waals surface area contributed by atoms with Gasteiger partial charge in [0, 0.05) is 30.3 Å². The van der Waals surface area contributed by atoms with Crippen molar-refractivity contribution in [3.05, 3.63) is 33.5 Å². The van der Waals surface area contributed by atoms with Gasteiger partial charge in [-0.05, 0) is 37.3 Å². The predicted molar refractivity (Wildman–Crippen MR) is 123 cm³/mol. The van der Waals surface area contributed by atoms with E-state index in [1.54, 1.807) is 17.9 Å². The van der Waals surface area contributed by atoms with Crippen molar-refractivity contribution in [2.45, 2.75) is 50.4 Å². The van der Waals surface area contributed by atoms with Crippen molar-refractivity contribution in [2.75, 3.05) is 27.4 Å². The Kier molecular flexibility index (Phi) is 7.93. The van der Waals surface area contributed by atoms with Gasteiger partial charge in [-0.2, -0.15) is 5.10 Å². The number of ether oxygens (including phenoxy) is 2. The number of sulfonamides is 1. The Morgan fingerprint density at radius 3 is 2.67 bits per heavy atom. The second kappa shape index (κ2) is 10.3. The number of nitrogens with zero attached hydrogens (tertiary/aromatic N) is 2. The van der Waals surface area contributed by atoms with Gasteiger partial charge < -0.3 is 14.4 Å². The number of carbonyl (C=O) groups is 2. The average molecular weight is 499 g/mol. The van der Waals surface area contributed by atoms with Gasteiger partial charge in [-0.1, -0.05) is 13.8 Å². The van der Waals surface area contributed by atoms with Crippen LogP contribution in [0.3, 0.4) is 0 Å². The molecule has 33 heavy (non-hydrogen) atoms. The standard InChI is InChI=1S/C21H30N4O6S2/c1-12(2)8-14-9-16(23-22-14)19(26)25-7-6-15-17(10-25)32-21(18(15)20(27)31-5)33(28,29)24-13(3)11-30-4/h9,12-13,24H,6-8,10-11H2,1-5H3,(H,22,23)/t13-/m1/s1. The molecule has 2 aromatic heterocycles. The molecular weight excluding hydrogens is 468 g/mol. The number of carbonyl (C=O) groups excluding carboxylic acids is 2. The maximum absolute atomic E-state index is 13.0. The van der Waals surface area contributed by atoms with E-state index in [0.717, 1.165) is 23.5 Å². The maximum Gasteiger partial charge on any atom is 0.340 e. The lowest BCUT2D eigenvalue weighted by molar-refractivity contribution is 0.0595. The number of aromatic amines is 1. The van der Waals surface area contributed by atoms with Gasteiger partial charge in [0.2, 0.25) is 0 Å². The molecule has 0 saturated heterocycles. The molecule has 0 aliphatic carbocycles. The second-order valence-corrected chi connectivity index (χ2v) is 11.5. The average Bonchev–Trinajstić information content (AvgIpc) is 3.36. The number of thiophene rings is 1. The third-order valence-electron chi connectivity index (χ3n) is 5.20. The summed E-state index contributed by atoms with van der Waals surface area (Å²) >= 11 is 0.988. The van der Waals surface area contributed by atoms with Crippen molar-refractivity contribution < 1.29 is 27.5 Å². The first kappa shape index (κ1) is 25.3. The van der Waals surface area contributed by atoms with Crippen LogP contribution in [-0.2, 0) is 38.9 Å². The molecule has 0 saturated carbocycles. The molecule has 0 radical (unpaired) electrons. The number of fused-ring (bicyclic) bond motifs is 1. The van der Waals surface area contributed by atoms with Crippen molar-refractivity contribution in [1.29, 1.82) is 0 Å². The van der Waals surface area contributed by atoms with E-state index in [1.807, 2.05) is 0 Å². The van der Waals surface area contributed by atoms with E-state index in [1.165, 1.54) is 14.2 Å². The molecule has 1 aliphatic heterocycles. The van der Waals surface area contributed by atoms with E-state index >= 15 is 0 Å². The van der Waals surface area contributed by atoms with Crippen LogP contribution in [0.15, 0.2) is 10.3 Å². The zero-order valence-corrected chi connectivity index (χ0v) is 21.1.